The lowest BCUT2D eigenvalue weighted by Crippen LogP contribution is -2.53. The molecule has 0 spiro atoms. The van der Waals surface area contributed by atoms with Crippen LogP contribution in [-0.4, -0.2) is 23.2 Å². The van der Waals surface area contributed by atoms with Crippen LogP contribution < -0.4 is 5.32 Å². The zero-order valence-corrected chi connectivity index (χ0v) is 11.8. The number of aliphatic carboxylic acids is 1. The number of unbranched alkanes of at least 4 members (excludes halogenated alkanes) is 5. The van der Waals surface area contributed by atoms with E-state index >= 15 is 0 Å². The number of carboxylic acids is 1. The molecule has 1 aliphatic rings. The molecule has 0 radical (unpaired) electrons. The summed E-state index contributed by atoms with van der Waals surface area (Å²) in [6.07, 6.45) is 12.4. The summed E-state index contributed by atoms with van der Waals surface area (Å²) >= 11 is 0. The largest absolute Gasteiger partial charge is 0.480 e. The fraction of sp³-hybridized carbons (Fsp3) is 0.933. The Bertz CT molecular complexity index is 235. The maximum absolute atomic E-state index is 11.4. The monoisotopic (exact) mass is 255 g/mol. The van der Waals surface area contributed by atoms with Crippen LogP contribution in [0.1, 0.15) is 77.6 Å². The van der Waals surface area contributed by atoms with Gasteiger partial charge in [0.15, 0.2) is 0 Å². The third kappa shape index (κ3) is 4.97. The first-order valence-corrected chi connectivity index (χ1v) is 7.70. The van der Waals surface area contributed by atoms with Crippen molar-refractivity contribution in [1.82, 2.24) is 5.32 Å². The highest BCUT2D eigenvalue weighted by molar-refractivity contribution is 5.78. The van der Waals surface area contributed by atoms with Gasteiger partial charge < -0.3 is 10.4 Å². The summed E-state index contributed by atoms with van der Waals surface area (Å²) in [5.74, 6) is -0.645. The smallest absolute Gasteiger partial charge is 0.323 e. The van der Waals surface area contributed by atoms with E-state index in [9.17, 15) is 9.90 Å². The summed E-state index contributed by atoms with van der Waals surface area (Å²) in [4.78, 5) is 11.4. The lowest BCUT2D eigenvalue weighted by atomic mass is 9.81. The summed E-state index contributed by atoms with van der Waals surface area (Å²) in [7, 11) is 0. The van der Waals surface area contributed by atoms with E-state index in [-0.39, 0.29) is 0 Å². The normalized spacial score (nSPS) is 18.7. The van der Waals surface area contributed by atoms with E-state index in [0.29, 0.717) is 0 Å². The van der Waals surface area contributed by atoms with Gasteiger partial charge in [-0.1, -0.05) is 58.3 Å². The van der Waals surface area contributed by atoms with Crippen molar-refractivity contribution < 1.29 is 9.90 Å². The van der Waals surface area contributed by atoms with E-state index in [0.717, 1.165) is 38.6 Å². The van der Waals surface area contributed by atoms with E-state index in [1.54, 1.807) is 0 Å². The van der Waals surface area contributed by atoms with E-state index in [1.807, 2.05) is 0 Å². The Kier molecular flexibility index (Phi) is 7.33. The number of carbonyl (C=O) groups is 1. The van der Waals surface area contributed by atoms with Crippen LogP contribution in [0, 0.1) is 0 Å². The fourth-order valence-corrected chi connectivity index (χ4v) is 2.85. The summed E-state index contributed by atoms with van der Waals surface area (Å²) in [6.45, 7) is 3.08. The molecular formula is C15H29NO2. The van der Waals surface area contributed by atoms with Gasteiger partial charge in [0.05, 0.1) is 0 Å². The van der Waals surface area contributed by atoms with Gasteiger partial charge in [-0.3, -0.25) is 4.79 Å². The Labute approximate surface area is 111 Å². The Balaban J connectivity index is 2.16. The highest BCUT2D eigenvalue weighted by Crippen LogP contribution is 2.28. The molecule has 0 bridgehead atoms. The molecule has 0 saturated heterocycles. The molecule has 0 unspecified atom stereocenters. The van der Waals surface area contributed by atoms with E-state index in [2.05, 4.69) is 12.2 Å². The first kappa shape index (κ1) is 15.5. The van der Waals surface area contributed by atoms with Gasteiger partial charge in [-0.15, -0.1) is 0 Å². The van der Waals surface area contributed by atoms with Crippen LogP contribution in [0.3, 0.4) is 0 Å². The van der Waals surface area contributed by atoms with Crippen molar-refractivity contribution in [3.63, 3.8) is 0 Å². The maximum atomic E-state index is 11.4. The van der Waals surface area contributed by atoms with E-state index in [4.69, 9.17) is 0 Å². The van der Waals surface area contributed by atoms with Crippen LogP contribution in [0.4, 0.5) is 0 Å². The fourth-order valence-electron chi connectivity index (χ4n) is 2.85. The van der Waals surface area contributed by atoms with E-state index < -0.39 is 11.5 Å². The number of nitrogens with one attached hydrogen (secondary N) is 1. The first-order valence-electron chi connectivity index (χ1n) is 7.70. The minimum atomic E-state index is -0.645. The SMILES string of the molecule is CCCCCCCCNC1(C(=O)O)CCCCC1. The van der Waals surface area contributed by atoms with Gasteiger partial charge in [-0.2, -0.15) is 0 Å². The van der Waals surface area contributed by atoms with Crippen molar-refractivity contribution in [3.8, 4) is 0 Å². The third-order valence-corrected chi connectivity index (χ3v) is 4.11. The Hall–Kier alpha value is -0.570. The molecule has 0 heterocycles. The minimum absolute atomic E-state index is 0.609. The lowest BCUT2D eigenvalue weighted by molar-refractivity contribution is -0.146. The predicted octanol–water partition coefficient (Wildman–Crippen LogP) is 3.72. The third-order valence-electron chi connectivity index (χ3n) is 4.11. The molecule has 0 aromatic heterocycles. The molecule has 0 aromatic carbocycles. The van der Waals surface area contributed by atoms with Gasteiger partial charge in [0.2, 0.25) is 0 Å². The lowest BCUT2D eigenvalue weighted by Gasteiger charge is -2.34. The average Bonchev–Trinajstić information content (AvgIpc) is 2.38. The van der Waals surface area contributed by atoms with E-state index in [1.165, 1.54) is 38.5 Å². The van der Waals surface area contributed by atoms with Crippen molar-refractivity contribution in [1.29, 1.82) is 0 Å². The number of rotatable bonds is 9. The number of hydrogen-bond acceptors (Lipinski definition) is 2. The maximum Gasteiger partial charge on any atom is 0.323 e. The second-order valence-corrected chi connectivity index (χ2v) is 5.64. The standard InChI is InChI=1S/C15H29NO2/c1-2-3-4-5-6-10-13-16-15(14(17)18)11-8-7-9-12-15/h16H,2-13H2,1H3,(H,17,18). The Morgan fingerprint density at radius 1 is 1.06 bits per heavy atom. The molecule has 1 saturated carbocycles. The highest BCUT2D eigenvalue weighted by atomic mass is 16.4. The minimum Gasteiger partial charge on any atom is -0.480 e. The van der Waals surface area contributed by atoms with Gasteiger partial charge >= 0.3 is 5.97 Å². The first-order chi connectivity index (χ1) is 8.71. The van der Waals surface area contributed by atoms with Crippen LogP contribution in [0.2, 0.25) is 0 Å². The van der Waals surface area contributed by atoms with Crippen molar-refractivity contribution in [2.24, 2.45) is 0 Å². The Morgan fingerprint density at radius 3 is 2.28 bits per heavy atom. The molecule has 1 aliphatic carbocycles. The average molecular weight is 255 g/mol. The summed E-state index contributed by atoms with van der Waals surface area (Å²) in [5.41, 5.74) is -0.609. The van der Waals surface area contributed by atoms with Crippen molar-refractivity contribution in [2.45, 2.75) is 83.1 Å². The van der Waals surface area contributed by atoms with Gasteiger partial charge in [-0.05, 0) is 25.8 Å². The van der Waals surface area contributed by atoms with Crippen molar-refractivity contribution in [2.75, 3.05) is 6.54 Å². The molecule has 2 N–H and O–H groups in total. The molecule has 106 valence electrons. The van der Waals surface area contributed by atoms with Gasteiger partial charge in [0.1, 0.15) is 5.54 Å². The molecule has 0 aromatic rings. The van der Waals surface area contributed by atoms with Crippen LogP contribution in [0.15, 0.2) is 0 Å². The zero-order chi connectivity index (χ0) is 13.3. The molecule has 1 fully saturated rings. The van der Waals surface area contributed by atoms with Crippen LogP contribution in [0.5, 0.6) is 0 Å². The molecule has 0 amide bonds. The predicted molar refractivity (Wildman–Crippen MR) is 74.8 cm³/mol. The van der Waals surface area contributed by atoms with Crippen molar-refractivity contribution >= 4 is 5.97 Å². The second kappa shape index (κ2) is 8.52. The molecule has 0 aliphatic heterocycles. The molecule has 18 heavy (non-hydrogen) atoms. The van der Waals surface area contributed by atoms with Crippen LogP contribution >= 0.6 is 0 Å². The molecule has 3 heteroatoms. The van der Waals surface area contributed by atoms with Gasteiger partial charge in [0, 0.05) is 0 Å². The summed E-state index contributed by atoms with van der Waals surface area (Å²) < 4.78 is 0. The molecule has 3 nitrogen and oxygen atoms in total. The molecule has 0 atom stereocenters. The summed E-state index contributed by atoms with van der Waals surface area (Å²) in [5, 5.41) is 12.7. The Morgan fingerprint density at radius 2 is 1.67 bits per heavy atom. The van der Waals surface area contributed by atoms with Gasteiger partial charge in [0.25, 0.3) is 0 Å². The summed E-state index contributed by atoms with van der Waals surface area (Å²) in [6, 6.07) is 0. The number of carboxylic acid groups (broad SMARTS) is 1. The zero-order valence-electron chi connectivity index (χ0n) is 11.8. The van der Waals surface area contributed by atoms with Crippen molar-refractivity contribution in [3.05, 3.63) is 0 Å². The number of hydrogen-bond donors (Lipinski definition) is 2. The van der Waals surface area contributed by atoms with Crippen LogP contribution in [0.25, 0.3) is 0 Å². The molecular weight excluding hydrogens is 226 g/mol. The highest BCUT2D eigenvalue weighted by Gasteiger charge is 2.38. The molecule has 1 rings (SSSR count). The van der Waals surface area contributed by atoms with Crippen LogP contribution in [-0.2, 0) is 4.79 Å². The quantitative estimate of drug-likeness (QED) is 0.617. The second-order valence-electron chi connectivity index (χ2n) is 5.64. The topological polar surface area (TPSA) is 49.3 Å². The van der Waals surface area contributed by atoms with Gasteiger partial charge in [-0.25, -0.2) is 0 Å².